The van der Waals surface area contributed by atoms with E-state index < -0.39 is 0 Å². The lowest BCUT2D eigenvalue weighted by Crippen LogP contribution is -2.08. The average molecular weight is 368 g/mol. The lowest BCUT2D eigenvalue weighted by Gasteiger charge is -2.14. The van der Waals surface area contributed by atoms with Crippen molar-refractivity contribution in [3.63, 3.8) is 0 Å². The first kappa shape index (κ1) is 18.0. The van der Waals surface area contributed by atoms with Crippen molar-refractivity contribution in [3.05, 3.63) is 83.8 Å². The Morgan fingerprint density at radius 1 is 0.964 bits per heavy atom. The molecule has 4 nitrogen and oxygen atoms in total. The van der Waals surface area contributed by atoms with Crippen LogP contribution in [0, 0.1) is 13.8 Å². The fourth-order valence-electron chi connectivity index (χ4n) is 3.50. The largest absolute Gasteiger partial charge is 0.378 e. The molecule has 0 amide bonds. The maximum Gasteiger partial charge on any atom is 0.0703 e. The smallest absolute Gasteiger partial charge is 0.0703 e. The van der Waals surface area contributed by atoms with Gasteiger partial charge in [-0.05, 0) is 68.4 Å². The summed E-state index contributed by atoms with van der Waals surface area (Å²) in [6, 6.07) is 20.9. The summed E-state index contributed by atoms with van der Waals surface area (Å²) in [6.07, 6.45) is 3.76. The molecule has 0 unspecified atom stereocenters. The quantitative estimate of drug-likeness (QED) is 0.448. The number of nitrogens with zero attached hydrogens (tertiary/aromatic N) is 4. The predicted octanol–water partition coefficient (Wildman–Crippen LogP) is 5.46. The number of rotatable bonds is 4. The minimum Gasteiger partial charge on any atom is -0.378 e. The zero-order chi connectivity index (χ0) is 19.7. The van der Waals surface area contributed by atoms with Gasteiger partial charge in [0.1, 0.15) is 0 Å². The summed E-state index contributed by atoms with van der Waals surface area (Å²) in [5, 5.41) is 1.10. The monoisotopic (exact) mass is 368 g/mol. The molecular formula is C24H24N4. The molecule has 0 spiro atoms. The summed E-state index contributed by atoms with van der Waals surface area (Å²) in [7, 11) is 4.11. The van der Waals surface area contributed by atoms with Crippen molar-refractivity contribution >= 4 is 28.5 Å². The Balaban J connectivity index is 1.65. The maximum absolute atomic E-state index is 4.70. The Labute approximate surface area is 165 Å². The highest BCUT2D eigenvalue weighted by atomic mass is 15.1. The molecule has 0 saturated heterocycles. The Morgan fingerprint density at radius 2 is 1.75 bits per heavy atom. The molecule has 0 radical (unpaired) electrons. The van der Waals surface area contributed by atoms with Gasteiger partial charge in [-0.2, -0.15) is 0 Å². The summed E-state index contributed by atoms with van der Waals surface area (Å²) in [5.41, 5.74) is 7.78. The third kappa shape index (κ3) is 3.41. The predicted molar refractivity (Wildman–Crippen MR) is 119 cm³/mol. The van der Waals surface area contributed by atoms with Gasteiger partial charge >= 0.3 is 0 Å². The Morgan fingerprint density at radius 3 is 2.50 bits per heavy atom. The standard InChI is InChI=1S/C24H24N4/c1-17-14-20(16-26-21-7-12-24-19(15-21)6-5-13-25-24)18(2)28(17)23-10-8-22(9-11-23)27(3)4/h5-16H,1-4H3. The number of aryl methyl sites for hydroxylation is 1. The van der Waals surface area contributed by atoms with Crippen LogP contribution in [0.5, 0.6) is 0 Å². The SMILES string of the molecule is Cc1cc(C=Nc2ccc3ncccc3c2)c(C)n1-c1ccc(N(C)C)cc1. The molecule has 0 aliphatic rings. The molecule has 2 aromatic carbocycles. The minimum absolute atomic E-state index is 0.931. The van der Waals surface area contributed by atoms with Crippen LogP contribution in [-0.4, -0.2) is 29.9 Å². The first-order valence-corrected chi connectivity index (χ1v) is 9.38. The van der Waals surface area contributed by atoms with Crippen LogP contribution in [-0.2, 0) is 0 Å². The van der Waals surface area contributed by atoms with E-state index in [9.17, 15) is 0 Å². The fraction of sp³-hybridized carbons (Fsp3) is 0.167. The second kappa shape index (κ2) is 7.31. The van der Waals surface area contributed by atoms with Gasteiger partial charge in [-0.3, -0.25) is 9.98 Å². The van der Waals surface area contributed by atoms with Crippen molar-refractivity contribution in [3.8, 4) is 5.69 Å². The molecule has 2 aromatic heterocycles. The molecule has 0 atom stereocenters. The molecule has 0 aliphatic heterocycles. The van der Waals surface area contributed by atoms with Crippen LogP contribution in [0.15, 0.2) is 71.9 Å². The van der Waals surface area contributed by atoms with Crippen molar-refractivity contribution in [2.75, 3.05) is 19.0 Å². The molecule has 4 aromatic rings. The van der Waals surface area contributed by atoms with Gasteiger partial charge in [0.25, 0.3) is 0 Å². The van der Waals surface area contributed by atoms with Gasteiger partial charge in [-0.25, -0.2) is 0 Å². The van der Waals surface area contributed by atoms with Crippen molar-refractivity contribution in [2.24, 2.45) is 4.99 Å². The summed E-state index contributed by atoms with van der Waals surface area (Å²) in [4.78, 5) is 11.2. The molecule has 2 heterocycles. The number of aliphatic imine (C=N–C) groups is 1. The van der Waals surface area contributed by atoms with Gasteiger partial charge in [0.05, 0.1) is 11.2 Å². The number of pyridine rings is 1. The number of hydrogen-bond donors (Lipinski definition) is 0. The number of fused-ring (bicyclic) bond motifs is 1. The zero-order valence-corrected chi connectivity index (χ0v) is 16.7. The molecule has 0 saturated carbocycles. The molecule has 0 fully saturated rings. The van der Waals surface area contributed by atoms with Gasteiger partial charge in [-0.15, -0.1) is 0 Å². The molecular weight excluding hydrogens is 344 g/mol. The molecule has 0 bridgehead atoms. The highest BCUT2D eigenvalue weighted by Gasteiger charge is 2.09. The van der Waals surface area contributed by atoms with Crippen LogP contribution in [0.1, 0.15) is 17.0 Å². The summed E-state index contributed by atoms with van der Waals surface area (Å²) in [6.45, 7) is 4.27. The van der Waals surface area contributed by atoms with Gasteiger partial charge < -0.3 is 9.47 Å². The van der Waals surface area contributed by atoms with E-state index in [0.29, 0.717) is 0 Å². The lowest BCUT2D eigenvalue weighted by atomic mass is 10.2. The highest BCUT2D eigenvalue weighted by Crippen LogP contribution is 2.23. The van der Waals surface area contributed by atoms with E-state index in [2.05, 4.69) is 84.9 Å². The van der Waals surface area contributed by atoms with Gasteiger partial charge in [0, 0.05) is 60.2 Å². The van der Waals surface area contributed by atoms with Crippen LogP contribution >= 0.6 is 0 Å². The number of benzene rings is 2. The maximum atomic E-state index is 4.70. The summed E-state index contributed by atoms with van der Waals surface area (Å²) in [5.74, 6) is 0. The molecule has 0 aliphatic carbocycles. The first-order chi connectivity index (χ1) is 13.5. The van der Waals surface area contributed by atoms with Crippen LogP contribution in [0.2, 0.25) is 0 Å². The number of anilines is 1. The Bertz CT molecular complexity index is 1150. The number of hydrogen-bond acceptors (Lipinski definition) is 3. The topological polar surface area (TPSA) is 33.4 Å². The van der Waals surface area contributed by atoms with Crippen molar-refractivity contribution in [2.45, 2.75) is 13.8 Å². The van der Waals surface area contributed by atoms with Gasteiger partial charge in [0.15, 0.2) is 0 Å². The molecule has 0 N–H and O–H groups in total. The Hall–Kier alpha value is -3.40. The van der Waals surface area contributed by atoms with Crippen molar-refractivity contribution in [1.82, 2.24) is 9.55 Å². The van der Waals surface area contributed by atoms with E-state index in [0.717, 1.165) is 27.8 Å². The highest BCUT2D eigenvalue weighted by molar-refractivity contribution is 5.87. The van der Waals surface area contributed by atoms with Crippen molar-refractivity contribution in [1.29, 1.82) is 0 Å². The van der Waals surface area contributed by atoms with Gasteiger partial charge in [-0.1, -0.05) is 6.07 Å². The molecule has 4 rings (SSSR count). The third-order valence-electron chi connectivity index (χ3n) is 5.03. The van der Waals surface area contributed by atoms with E-state index in [1.807, 2.05) is 30.6 Å². The summed E-state index contributed by atoms with van der Waals surface area (Å²) >= 11 is 0. The summed E-state index contributed by atoms with van der Waals surface area (Å²) < 4.78 is 2.27. The zero-order valence-electron chi connectivity index (χ0n) is 16.7. The molecule has 28 heavy (non-hydrogen) atoms. The number of aromatic nitrogens is 2. The average Bonchev–Trinajstić information content (AvgIpc) is 2.99. The third-order valence-corrected chi connectivity index (χ3v) is 5.03. The molecule has 4 heteroatoms. The lowest BCUT2D eigenvalue weighted by molar-refractivity contribution is 0.963. The van der Waals surface area contributed by atoms with Crippen molar-refractivity contribution < 1.29 is 0 Å². The van der Waals surface area contributed by atoms with Crippen LogP contribution in [0.3, 0.4) is 0 Å². The van der Waals surface area contributed by atoms with Gasteiger partial charge in [0.2, 0.25) is 0 Å². The van der Waals surface area contributed by atoms with Crippen LogP contribution in [0.4, 0.5) is 11.4 Å². The second-order valence-corrected chi connectivity index (χ2v) is 7.21. The normalized spacial score (nSPS) is 11.4. The fourth-order valence-corrected chi connectivity index (χ4v) is 3.50. The minimum atomic E-state index is 0.931. The van der Waals surface area contributed by atoms with E-state index >= 15 is 0 Å². The Kier molecular flexibility index (Phi) is 4.70. The van der Waals surface area contributed by atoms with E-state index in [1.165, 1.54) is 17.1 Å². The second-order valence-electron chi connectivity index (χ2n) is 7.21. The first-order valence-electron chi connectivity index (χ1n) is 9.38. The van der Waals surface area contributed by atoms with E-state index in [1.54, 1.807) is 0 Å². The van der Waals surface area contributed by atoms with E-state index in [-0.39, 0.29) is 0 Å². The molecule has 140 valence electrons. The van der Waals surface area contributed by atoms with Crippen LogP contribution < -0.4 is 4.90 Å². The van der Waals surface area contributed by atoms with Crippen LogP contribution in [0.25, 0.3) is 16.6 Å². The van der Waals surface area contributed by atoms with E-state index in [4.69, 9.17) is 4.99 Å².